The van der Waals surface area contributed by atoms with Crippen LogP contribution in [0.4, 0.5) is 0 Å². The molecule has 4 nitrogen and oxygen atoms in total. The molecule has 130 valence electrons. The van der Waals surface area contributed by atoms with Crippen LogP contribution in [0, 0.1) is 11.3 Å². The molecular weight excluding hydrogens is 276 g/mol. The first kappa shape index (κ1) is 19.4. The molecule has 0 saturated carbocycles. The summed E-state index contributed by atoms with van der Waals surface area (Å²) in [7, 11) is 1.42. The fourth-order valence-electron chi connectivity index (χ4n) is 3.63. The highest BCUT2D eigenvalue weighted by molar-refractivity contribution is 5.75. The molecule has 1 heterocycles. The molecule has 0 radical (unpaired) electrons. The first-order chi connectivity index (χ1) is 10.5. The lowest BCUT2D eigenvalue weighted by molar-refractivity contribution is -0.143. The van der Waals surface area contributed by atoms with E-state index in [0.29, 0.717) is 0 Å². The number of ether oxygens (including phenoxy) is 1. The molecule has 0 bridgehead atoms. The van der Waals surface area contributed by atoms with Crippen molar-refractivity contribution in [3.8, 4) is 0 Å². The summed E-state index contributed by atoms with van der Waals surface area (Å²) >= 11 is 0. The number of methoxy groups -OCH3 is 1. The fourth-order valence-corrected chi connectivity index (χ4v) is 3.63. The van der Waals surface area contributed by atoms with Crippen LogP contribution in [-0.2, 0) is 9.53 Å². The molecule has 0 aromatic rings. The topological polar surface area (TPSA) is 55.6 Å². The van der Waals surface area contributed by atoms with Gasteiger partial charge in [0, 0.05) is 6.54 Å². The maximum atomic E-state index is 11.8. The smallest absolute Gasteiger partial charge is 0.322 e. The molecule has 22 heavy (non-hydrogen) atoms. The quantitative estimate of drug-likeness (QED) is 0.664. The number of hydrogen-bond donors (Lipinski definition) is 1. The number of carbonyl (C=O) groups excluding carboxylic acids is 1. The van der Waals surface area contributed by atoms with Crippen molar-refractivity contribution in [3.63, 3.8) is 0 Å². The molecule has 0 aliphatic carbocycles. The molecule has 0 spiro atoms. The third-order valence-electron chi connectivity index (χ3n) is 5.40. The van der Waals surface area contributed by atoms with Gasteiger partial charge in [-0.1, -0.05) is 33.6 Å². The van der Waals surface area contributed by atoms with Gasteiger partial charge in [0.1, 0.15) is 6.04 Å². The zero-order valence-corrected chi connectivity index (χ0v) is 15.1. The Kier molecular flexibility index (Phi) is 8.40. The molecule has 0 aromatic carbocycles. The average molecular weight is 312 g/mol. The summed E-state index contributed by atoms with van der Waals surface area (Å²) in [6, 6.07) is -0.495. The number of nitrogens with two attached hydrogens (primary N) is 1. The van der Waals surface area contributed by atoms with Crippen molar-refractivity contribution in [1.82, 2.24) is 4.90 Å². The van der Waals surface area contributed by atoms with Crippen LogP contribution in [0.5, 0.6) is 0 Å². The Morgan fingerprint density at radius 3 is 2.50 bits per heavy atom. The molecule has 1 fully saturated rings. The lowest BCUT2D eigenvalue weighted by atomic mass is 9.74. The largest absolute Gasteiger partial charge is 0.468 e. The van der Waals surface area contributed by atoms with Crippen molar-refractivity contribution in [2.24, 2.45) is 17.1 Å². The number of carbonyl (C=O) groups is 1. The Balaban J connectivity index is 2.73. The van der Waals surface area contributed by atoms with Gasteiger partial charge in [-0.3, -0.25) is 4.79 Å². The van der Waals surface area contributed by atoms with Gasteiger partial charge < -0.3 is 15.4 Å². The third kappa shape index (κ3) is 5.88. The molecule has 2 atom stereocenters. The summed E-state index contributed by atoms with van der Waals surface area (Å²) in [5.74, 6) is 0.571. The molecule has 1 aliphatic rings. The third-order valence-corrected chi connectivity index (χ3v) is 5.40. The van der Waals surface area contributed by atoms with Gasteiger partial charge in [0.25, 0.3) is 0 Å². The van der Waals surface area contributed by atoms with Crippen molar-refractivity contribution in [3.05, 3.63) is 0 Å². The minimum absolute atomic E-state index is 0.143. The van der Waals surface area contributed by atoms with Crippen LogP contribution >= 0.6 is 0 Å². The highest BCUT2D eigenvalue weighted by Crippen LogP contribution is 2.36. The van der Waals surface area contributed by atoms with E-state index in [1.54, 1.807) is 0 Å². The number of piperidine rings is 1. The molecule has 0 amide bonds. The highest BCUT2D eigenvalue weighted by Gasteiger charge is 2.35. The van der Waals surface area contributed by atoms with Gasteiger partial charge in [-0.15, -0.1) is 0 Å². The standard InChI is InChI=1S/C18H36N2O2/c1-5-7-10-18(6-2,13-16(19)17(21)22-4)14-20-11-8-15(3)9-12-20/h15-16H,5-14,19H2,1-4H3. The summed E-state index contributed by atoms with van der Waals surface area (Å²) < 4.78 is 4.83. The molecule has 0 aromatic heterocycles. The van der Waals surface area contributed by atoms with Gasteiger partial charge in [0.2, 0.25) is 0 Å². The van der Waals surface area contributed by atoms with Crippen molar-refractivity contribution in [2.45, 2.75) is 71.8 Å². The summed E-state index contributed by atoms with van der Waals surface area (Å²) in [6.07, 6.45) is 7.92. The van der Waals surface area contributed by atoms with Crippen LogP contribution in [0.2, 0.25) is 0 Å². The minimum atomic E-state index is -0.495. The van der Waals surface area contributed by atoms with Crippen LogP contribution in [0.25, 0.3) is 0 Å². The molecule has 4 heteroatoms. The molecule has 1 aliphatic heterocycles. The van der Waals surface area contributed by atoms with Crippen LogP contribution in [0.1, 0.15) is 65.7 Å². The molecule has 1 rings (SSSR count). The van der Waals surface area contributed by atoms with E-state index in [4.69, 9.17) is 10.5 Å². The van der Waals surface area contributed by atoms with Gasteiger partial charge in [0.05, 0.1) is 7.11 Å². The first-order valence-electron chi connectivity index (χ1n) is 9.02. The van der Waals surface area contributed by atoms with E-state index >= 15 is 0 Å². The Bertz CT molecular complexity index is 327. The first-order valence-corrected chi connectivity index (χ1v) is 9.02. The van der Waals surface area contributed by atoms with E-state index in [2.05, 4.69) is 25.7 Å². The fraction of sp³-hybridized carbons (Fsp3) is 0.944. The van der Waals surface area contributed by atoms with Crippen LogP contribution in [0.3, 0.4) is 0 Å². The summed E-state index contributed by atoms with van der Waals surface area (Å²) in [5, 5.41) is 0. The lowest BCUT2D eigenvalue weighted by Crippen LogP contribution is -2.46. The maximum Gasteiger partial charge on any atom is 0.322 e. The molecule has 2 N–H and O–H groups in total. The number of hydrogen-bond acceptors (Lipinski definition) is 4. The number of rotatable bonds is 9. The van der Waals surface area contributed by atoms with E-state index in [9.17, 15) is 4.79 Å². The Labute approximate surface area is 136 Å². The monoisotopic (exact) mass is 312 g/mol. The summed E-state index contributed by atoms with van der Waals surface area (Å²) in [6.45, 7) is 10.2. The number of likely N-dealkylation sites (tertiary alicyclic amines) is 1. The highest BCUT2D eigenvalue weighted by atomic mass is 16.5. The van der Waals surface area contributed by atoms with E-state index in [1.165, 1.54) is 45.9 Å². The average Bonchev–Trinajstić information content (AvgIpc) is 2.53. The SMILES string of the molecule is CCCCC(CC)(CC(N)C(=O)OC)CN1CCC(C)CC1. The number of esters is 1. The van der Waals surface area contributed by atoms with Crippen molar-refractivity contribution >= 4 is 5.97 Å². The Morgan fingerprint density at radius 2 is 2.00 bits per heavy atom. The minimum Gasteiger partial charge on any atom is -0.468 e. The van der Waals surface area contributed by atoms with Gasteiger partial charge >= 0.3 is 5.97 Å². The predicted molar refractivity (Wildman–Crippen MR) is 91.7 cm³/mol. The predicted octanol–water partition coefficient (Wildman–Crippen LogP) is 3.20. The Morgan fingerprint density at radius 1 is 1.36 bits per heavy atom. The number of unbranched alkanes of at least 4 members (excludes halogenated alkanes) is 1. The zero-order chi connectivity index (χ0) is 16.6. The Hall–Kier alpha value is -0.610. The molecular formula is C18H36N2O2. The lowest BCUT2D eigenvalue weighted by Gasteiger charge is -2.41. The van der Waals surface area contributed by atoms with E-state index in [1.807, 2.05) is 0 Å². The van der Waals surface area contributed by atoms with Crippen LogP contribution < -0.4 is 5.73 Å². The summed E-state index contributed by atoms with van der Waals surface area (Å²) in [4.78, 5) is 14.3. The van der Waals surface area contributed by atoms with Gasteiger partial charge in [-0.05, 0) is 56.5 Å². The van der Waals surface area contributed by atoms with E-state index in [0.717, 1.165) is 31.7 Å². The molecule has 2 unspecified atom stereocenters. The zero-order valence-electron chi connectivity index (χ0n) is 15.1. The maximum absolute atomic E-state index is 11.8. The summed E-state index contributed by atoms with van der Waals surface area (Å²) in [5.41, 5.74) is 6.24. The van der Waals surface area contributed by atoms with Crippen molar-refractivity contribution < 1.29 is 9.53 Å². The molecule has 1 saturated heterocycles. The van der Waals surface area contributed by atoms with Crippen molar-refractivity contribution in [2.75, 3.05) is 26.7 Å². The second kappa shape index (κ2) is 9.51. The van der Waals surface area contributed by atoms with E-state index in [-0.39, 0.29) is 11.4 Å². The second-order valence-corrected chi connectivity index (χ2v) is 7.25. The second-order valence-electron chi connectivity index (χ2n) is 7.25. The van der Waals surface area contributed by atoms with Crippen LogP contribution in [-0.4, -0.2) is 43.7 Å². The van der Waals surface area contributed by atoms with Gasteiger partial charge in [-0.25, -0.2) is 0 Å². The van der Waals surface area contributed by atoms with Crippen molar-refractivity contribution in [1.29, 1.82) is 0 Å². The van der Waals surface area contributed by atoms with Crippen LogP contribution in [0.15, 0.2) is 0 Å². The normalized spacial score (nSPS) is 21.3. The van der Waals surface area contributed by atoms with E-state index < -0.39 is 6.04 Å². The van der Waals surface area contributed by atoms with Gasteiger partial charge in [0.15, 0.2) is 0 Å². The van der Waals surface area contributed by atoms with Gasteiger partial charge in [-0.2, -0.15) is 0 Å². The number of nitrogens with zero attached hydrogens (tertiary/aromatic N) is 1.